The van der Waals surface area contributed by atoms with Crippen molar-refractivity contribution in [3.63, 3.8) is 0 Å². The number of ether oxygens (including phenoxy) is 2. The molecule has 5 heteroatoms. The molecule has 20 heavy (non-hydrogen) atoms. The van der Waals surface area contributed by atoms with E-state index in [0.29, 0.717) is 18.9 Å². The summed E-state index contributed by atoms with van der Waals surface area (Å²) in [6, 6.07) is 10.9. The largest absolute Gasteiger partial charge is 0.497 e. The Morgan fingerprint density at radius 1 is 1.30 bits per heavy atom. The van der Waals surface area contributed by atoms with E-state index < -0.39 is 5.97 Å². The molecule has 0 saturated heterocycles. The van der Waals surface area contributed by atoms with E-state index in [1.54, 1.807) is 26.2 Å². The Labute approximate surface area is 117 Å². The van der Waals surface area contributed by atoms with Crippen molar-refractivity contribution in [3.05, 3.63) is 47.9 Å². The first-order valence-corrected chi connectivity index (χ1v) is 6.36. The molecule has 0 spiro atoms. The molecular weight excluding hydrogens is 258 g/mol. The molecule has 0 aliphatic rings. The van der Waals surface area contributed by atoms with Gasteiger partial charge in [-0.25, -0.2) is 4.79 Å². The van der Waals surface area contributed by atoms with Crippen LogP contribution in [0.2, 0.25) is 0 Å². The molecule has 2 aromatic rings. The number of rotatable bonds is 6. The molecule has 1 aromatic carbocycles. The summed E-state index contributed by atoms with van der Waals surface area (Å²) in [4.78, 5) is 11.5. The summed E-state index contributed by atoms with van der Waals surface area (Å²) < 4.78 is 15.4. The highest BCUT2D eigenvalue weighted by Crippen LogP contribution is 2.18. The smallest absolute Gasteiger partial charge is 0.374 e. The molecule has 0 amide bonds. The molecule has 0 aliphatic heterocycles. The molecule has 0 saturated carbocycles. The number of anilines is 1. The molecule has 1 aromatic heterocycles. The van der Waals surface area contributed by atoms with Crippen molar-refractivity contribution in [2.45, 2.75) is 13.5 Å². The van der Waals surface area contributed by atoms with Crippen molar-refractivity contribution in [2.75, 3.05) is 19.0 Å². The zero-order chi connectivity index (χ0) is 14.4. The molecule has 0 aliphatic carbocycles. The first-order valence-electron chi connectivity index (χ1n) is 6.36. The predicted molar refractivity (Wildman–Crippen MR) is 75.0 cm³/mol. The van der Waals surface area contributed by atoms with Gasteiger partial charge in [-0.05, 0) is 31.2 Å². The molecule has 1 heterocycles. The fourth-order valence-corrected chi connectivity index (χ4v) is 1.71. The Hall–Kier alpha value is -2.43. The Kier molecular flexibility index (Phi) is 4.65. The average Bonchev–Trinajstić information content (AvgIpc) is 2.94. The zero-order valence-corrected chi connectivity index (χ0v) is 11.5. The van der Waals surface area contributed by atoms with E-state index in [2.05, 4.69) is 5.32 Å². The standard InChI is InChI=1S/C15H17NO4/c1-3-19-15(17)14-8-7-13(20-14)10-16-11-5-4-6-12(9-11)18-2/h4-9,16H,3,10H2,1-2H3. The third-order valence-electron chi connectivity index (χ3n) is 2.67. The van der Waals surface area contributed by atoms with E-state index in [1.165, 1.54) is 0 Å². The maximum Gasteiger partial charge on any atom is 0.374 e. The van der Waals surface area contributed by atoms with Gasteiger partial charge in [0.2, 0.25) is 5.76 Å². The lowest BCUT2D eigenvalue weighted by Gasteiger charge is -2.06. The minimum absolute atomic E-state index is 0.217. The van der Waals surface area contributed by atoms with Crippen LogP contribution in [0.5, 0.6) is 5.75 Å². The lowest BCUT2D eigenvalue weighted by molar-refractivity contribution is 0.0488. The lowest BCUT2D eigenvalue weighted by atomic mass is 10.3. The highest BCUT2D eigenvalue weighted by atomic mass is 16.5. The molecule has 2 rings (SSSR count). The van der Waals surface area contributed by atoms with Crippen LogP contribution in [0.15, 0.2) is 40.8 Å². The Bertz CT molecular complexity index is 577. The first kappa shape index (κ1) is 14.0. The SMILES string of the molecule is CCOC(=O)c1ccc(CNc2cccc(OC)c2)o1. The van der Waals surface area contributed by atoms with Crippen molar-refractivity contribution in [3.8, 4) is 5.75 Å². The van der Waals surface area contributed by atoms with Crippen LogP contribution in [0.1, 0.15) is 23.2 Å². The summed E-state index contributed by atoms with van der Waals surface area (Å²) in [5, 5.41) is 3.19. The van der Waals surface area contributed by atoms with Gasteiger partial charge < -0.3 is 19.2 Å². The summed E-state index contributed by atoms with van der Waals surface area (Å²) in [5.41, 5.74) is 0.915. The monoisotopic (exact) mass is 275 g/mol. The summed E-state index contributed by atoms with van der Waals surface area (Å²) in [5.74, 6) is 1.21. The quantitative estimate of drug-likeness (QED) is 0.821. The number of carbonyl (C=O) groups is 1. The van der Waals surface area contributed by atoms with Crippen LogP contribution in [-0.2, 0) is 11.3 Å². The summed E-state index contributed by atoms with van der Waals surface area (Å²) in [6.07, 6.45) is 0. The van der Waals surface area contributed by atoms with E-state index >= 15 is 0 Å². The van der Waals surface area contributed by atoms with E-state index in [0.717, 1.165) is 11.4 Å². The minimum Gasteiger partial charge on any atom is -0.497 e. The molecule has 0 fully saturated rings. The predicted octanol–water partition coefficient (Wildman–Crippen LogP) is 3.08. The van der Waals surface area contributed by atoms with Crippen LogP contribution >= 0.6 is 0 Å². The second kappa shape index (κ2) is 6.65. The Balaban J connectivity index is 1.95. The van der Waals surface area contributed by atoms with Gasteiger partial charge in [-0.1, -0.05) is 6.07 Å². The molecule has 106 valence electrons. The van der Waals surface area contributed by atoms with E-state index in [-0.39, 0.29) is 5.76 Å². The van der Waals surface area contributed by atoms with Gasteiger partial charge in [-0.2, -0.15) is 0 Å². The Morgan fingerprint density at radius 3 is 2.90 bits per heavy atom. The number of hydrogen-bond acceptors (Lipinski definition) is 5. The van der Waals surface area contributed by atoms with Gasteiger partial charge in [0.15, 0.2) is 0 Å². The number of nitrogens with one attached hydrogen (secondary N) is 1. The topological polar surface area (TPSA) is 60.7 Å². The third-order valence-corrected chi connectivity index (χ3v) is 2.67. The van der Waals surface area contributed by atoms with Crippen LogP contribution in [0, 0.1) is 0 Å². The van der Waals surface area contributed by atoms with Crippen molar-refractivity contribution < 1.29 is 18.7 Å². The number of methoxy groups -OCH3 is 1. The molecule has 0 bridgehead atoms. The molecular formula is C15H17NO4. The molecule has 0 radical (unpaired) electrons. The van der Waals surface area contributed by atoms with Gasteiger partial charge in [0.1, 0.15) is 11.5 Å². The maximum atomic E-state index is 11.5. The van der Waals surface area contributed by atoms with Gasteiger partial charge in [-0.3, -0.25) is 0 Å². The van der Waals surface area contributed by atoms with Gasteiger partial charge in [0, 0.05) is 11.8 Å². The second-order valence-electron chi connectivity index (χ2n) is 4.07. The molecule has 0 atom stereocenters. The lowest BCUT2D eigenvalue weighted by Crippen LogP contribution is -2.03. The van der Waals surface area contributed by atoms with Crippen LogP contribution in [0.4, 0.5) is 5.69 Å². The van der Waals surface area contributed by atoms with Crippen molar-refractivity contribution in [1.29, 1.82) is 0 Å². The Morgan fingerprint density at radius 2 is 2.15 bits per heavy atom. The first-order chi connectivity index (χ1) is 9.72. The van der Waals surface area contributed by atoms with E-state index in [9.17, 15) is 4.79 Å². The van der Waals surface area contributed by atoms with Gasteiger partial charge >= 0.3 is 5.97 Å². The number of esters is 1. The summed E-state index contributed by atoms with van der Waals surface area (Å²) >= 11 is 0. The minimum atomic E-state index is -0.444. The molecule has 1 N–H and O–H groups in total. The van der Waals surface area contributed by atoms with Crippen LogP contribution in [0.25, 0.3) is 0 Å². The van der Waals surface area contributed by atoms with Gasteiger partial charge in [0.25, 0.3) is 0 Å². The molecule has 5 nitrogen and oxygen atoms in total. The van der Waals surface area contributed by atoms with Crippen molar-refractivity contribution in [1.82, 2.24) is 0 Å². The zero-order valence-electron chi connectivity index (χ0n) is 11.5. The third kappa shape index (κ3) is 3.54. The van der Waals surface area contributed by atoms with E-state index in [1.807, 2.05) is 24.3 Å². The normalized spacial score (nSPS) is 10.1. The fraction of sp³-hybridized carbons (Fsp3) is 0.267. The average molecular weight is 275 g/mol. The molecule has 0 unspecified atom stereocenters. The number of carbonyl (C=O) groups excluding carboxylic acids is 1. The van der Waals surface area contributed by atoms with Crippen molar-refractivity contribution in [2.24, 2.45) is 0 Å². The number of benzene rings is 1. The van der Waals surface area contributed by atoms with Gasteiger partial charge in [0.05, 0.1) is 20.3 Å². The summed E-state index contributed by atoms with van der Waals surface area (Å²) in [7, 11) is 1.62. The summed E-state index contributed by atoms with van der Waals surface area (Å²) in [6.45, 7) is 2.57. The maximum absolute atomic E-state index is 11.5. The van der Waals surface area contributed by atoms with Gasteiger partial charge in [-0.15, -0.1) is 0 Å². The fourth-order valence-electron chi connectivity index (χ4n) is 1.71. The van der Waals surface area contributed by atoms with Crippen LogP contribution in [-0.4, -0.2) is 19.7 Å². The van der Waals surface area contributed by atoms with Crippen molar-refractivity contribution >= 4 is 11.7 Å². The highest BCUT2D eigenvalue weighted by Gasteiger charge is 2.11. The van der Waals surface area contributed by atoms with Crippen LogP contribution < -0.4 is 10.1 Å². The number of hydrogen-bond donors (Lipinski definition) is 1. The second-order valence-corrected chi connectivity index (χ2v) is 4.07. The highest BCUT2D eigenvalue weighted by molar-refractivity contribution is 5.86. The van der Waals surface area contributed by atoms with Crippen LogP contribution in [0.3, 0.4) is 0 Å². The van der Waals surface area contributed by atoms with E-state index in [4.69, 9.17) is 13.9 Å². The number of furan rings is 1.